The van der Waals surface area contributed by atoms with Crippen LogP contribution in [0, 0.1) is 13.8 Å². The summed E-state index contributed by atoms with van der Waals surface area (Å²) in [4.78, 5) is 0. The van der Waals surface area contributed by atoms with E-state index in [1.807, 2.05) is 62.5 Å². The molecule has 3 aliphatic rings. The molecule has 1 atom stereocenters. The van der Waals surface area contributed by atoms with Crippen LogP contribution in [0.3, 0.4) is 0 Å². The Morgan fingerprint density at radius 3 is 1.83 bits per heavy atom. The summed E-state index contributed by atoms with van der Waals surface area (Å²) in [6, 6.07) is 64.3. The molecule has 1 spiro atoms. The van der Waals surface area contributed by atoms with Crippen molar-refractivity contribution in [3.63, 3.8) is 0 Å². The molecule has 0 fully saturated rings. The minimum Gasteiger partial charge on any atom is -0.135 e. The van der Waals surface area contributed by atoms with E-state index >= 15 is 0 Å². The smallest absolute Gasteiger partial charge is 0.0726 e. The van der Waals surface area contributed by atoms with E-state index in [2.05, 4.69) is 197 Å². The standard InChI is InChI=1S/C37H24S.C11H10.C7H8.C5H8.C2H6/c1-22-14-15-23(20-22)24-16-18-32-29(21-24)25-8-2-5-11-30(25)37(32)31-12-6-3-10-28(31)35-33(37)19-17-27-26-9-4-7-13-34(26)38-36(27)35;1-9-5-4-7-10-6-2-3-8-11(9)10;1-7-5-3-2-4-6-7;1-3-5-4-2;1-2/h2-19,21H,20H2,1H3;2-8H,1H3;2-6H,1H3;3-5H,1H2,2H3;1-2H3/b;;;5-4-;. The lowest BCUT2D eigenvalue weighted by molar-refractivity contribution is 0.794. The van der Waals surface area contributed by atoms with Gasteiger partial charge in [0.15, 0.2) is 0 Å². The van der Waals surface area contributed by atoms with E-state index in [4.69, 9.17) is 0 Å². The minimum atomic E-state index is -0.293. The zero-order chi connectivity index (χ0) is 43.9. The van der Waals surface area contributed by atoms with Crippen LogP contribution in [0.5, 0.6) is 0 Å². The molecule has 63 heavy (non-hydrogen) atoms. The van der Waals surface area contributed by atoms with Gasteiger partial charge in [-0.2, -0.15) is 0 Å². The molecule has 1 heterocycles. The summed E-state index contributed by atoms with van der Waals surface area (Å²) in [5.41, 5.74) is 17.8. The van der Waals surface area contributed by atoms with Crippen LogP contribution >= 0.6 is 11.3 Å². The highest BCUT2D eigenvalue weighted by Crippen LogP contribution is 2.64. The molecule has 1 heteroatoms. The van der Waals surface area contributed by atoms with Gasteiger partial charge in [-0.15, -0.1) is 11.3 Å². The monoisotopic (exact) mass is 832 g/mol. The third-order valence-corrected chi connectivity index (χ3v) is 13.5. The van der Waals surface area contributed by atoms with Crippen LogP contribution in [-0.2, 0) is 5.41 Å². The summed E-state index contributed by atoms with van der Waals surface area (Å²) in [5, 5.41) is 5.41. The van der Waals surface area contributed by atoms with Gasteiger partial charge in [-0.3, -0.25) is 0 Å². The van der Waals surface area contributed by atoms with Crippen LogP contribution in [-0.4, -0.2) is 0 Å². The Balaban J connectivity index is 0.000000177. The molecular formula is C62H56S. The van der Waals surface area contributed by atoms with Crippen molar-refractivity contribution in [1.29, 1.82) is 0 Å². The highest BCUT2D eigenvalue weighted by atomic mass is 32.1. The van der Waals surface area contributed by atoms with Crippen molar-refractivity contribution in [2.75, 3.05) is 0 Å². The van der Waals surface area contributed by atoms with Crippen molar-refractivity contribution in [2.45, 2.75) is 53.4 Å². The van der Waals surface area contributed by atoms with Gasteiger partial charge in [-0.25, -0.2) is 0 Å². The quantitative estimate of drug-likeness (QED) is 0.152. The predicted octanol–water partition coefficient (Wildman–Crippen LogP) is 18.0. The highest BCUT2D eigenvalue weighted by molar-refractivity contribution is 7.26. The van der Waals surface area contributed by atoms with Crippen molar-refractivity contribution in [3.05, 3.63) is 257 Å². The second-order valence-electron chi connectivity index (χ2n) is 16.2. The average molecular weight is 833 g/mol. The van der Waals surface area contributed by atoms with Crippen LogP contribution in [0.15, 0.2) is 218 Å². The third kappa shape index (κ3) is 7.95. The number of fused-ring (bicyclic) bond motifs is 15. The van der Waals surface area contributed by atoms with Gasteiger partial charge >= 0.3 is 0 Å². The fourth-order valence-corrected chi connectivity index (χ4v) is 10.8. The molecule has 0 amide bonds. The molecule has 0 bridgehead atoms. The Bertz CT molecular complexity index is 3160. The molecule has 0 saturated carbocycles. The van der Waals surface area contributed by atoms with Crippen molar-refractivity contribution >= 4 is 47.9 Å². The van der Waals surface area contributed by atoms with E-state index in [-0.39, 0.29) is 5.41 Å². The lowest BCUT2D eigenvalue weighted by Crippen LogP contribution is -2.25. The van der Waals surface area contributed by atoms with Crippen molar-refractivity contribution in [2.24, 2.45) is 0 Å². The van der Waals surface area contributed by atoms with E-state index in [0.717, 1.165) is 6.42 Å². The second-order valence-corrected chi connectivity index (χ2v) is 17.2. The summed E-state index contributed by atoms with van der Waals surface area (Å²) in [6.45, 7) is 15.9. The summed E-state index contributed by atoms with van der Waals surface area (Å²) >= 11 is 1.94. The number of allylic oxidation sites excluding steroid dienone is 7. The Hall–Kier alpha value is -6.80. The van der Waals surface area contributed by atoms with Crippen LogP contribution in [0.2, 0.25) is 0 Å². The number of rotatable bonds is 2. The van der Waals surface area contributed by atoms with Crippen LogP contribution < -0.4 is 0 Å². The number of thiophene rings is 1. The molecule has 9 aromatic rings. The van der Waals surface area contributed by atoms with Gasteiger partial charge in [0.2, 0.25) is 0 Å². The molecule has 0 nitrogen and oxygen atoms in total. The van der Waals surface area contributed by atoms with Gasteiger partial charge < -0.3 is 0 Å². The van der Waals surface area contributed by atoms with Crippen LogP contribution in [0.1, 0.15) is 73.1 Å². The Kier molecular flexibility index (Phi) is 13.0. The first-order valence-electron chi connectivity index (χ1n) is 22.3. The Morgan fingerprint density at radius 2 is 1.16 bits per heavy atom. The fourth-order valence-electron chi connectivity index (χ4n) is 9.52. The molecule has 8 aromatic carbocycles. The first kappa shape index (κ1) is 42.9. The van der Waals surface area contributed by atoms with Crippen LogP contribution in [0.25, 0.3) is 58.8 Å². The fraction of sp³-hybridized carbons (Fsp3) is 0.129. The molecule has 12 rings (SSSR count). The van der Waals surface area contributed by atoms with Gasteiger partial charge in [0.25, 0.3) is 0 Å². The summed E-state index contributed by atoms with van der Waals surface area (Å²) in [7, 11) is 0. The normalized spacial score (nSPS) is 14.7. The third-order valence-electron chi connectivity index (χ3n) is 12.3. The summed E-state index contributed by atoms with van der Waals surface area (Å²) in [5.74, 6) is 0. The lowest BCUT2D eigenvalue weighted by Gasteiger charge is -2.30. The van der Waals surface area contributed by atoms with Crippen molar-refractivity contribution in [1.82, 2.24) is 0 Å². The maximum atomic E-state index is 3.46. The van der Waals surface area contributed by atoms with Crippen molar-refractivity contribution < 1.29 is 0 Å². The molecular weight excluding hydrogens is 777 g/mol. The number of hydrogen-bond acceptors (Lipinski definition) is 1. The van der Waals surface area contributed by atoms with E-state index in [9.17, 15) is 0 Å². The lowest BCUT2D eigenvalue weighted by atomic mass is 9.70. The molecule has 310 valence electrons. The van der Waals surface area contributed by atoms with E-state index in [1.54, 1.807) is 6.08 Å². The molecule has 0 radical (unpaired) electrons. The maximum absolute atomic E-state index is 3.46. The first-order chi connectivity index (χ1) is 30.9. The predicted molar refractivity (Wildman–Crippen MR) is 278 cm³/mol. The number of hydrogen-bond donors (Lipinski definition) is 0. The minimum absolute atomic E-state index is 0.293. The first-order valence-corrected chi connectivity index (χ1v) is 23.1. The SMILES string of the molecule is C=C/C=C\C.CC.CC1=CC=C(c2ccc3c(c2)-c2ccccc2C32c3ccccc3-c3c2ccc2c3sc3ccccc32)C1.Cc1cccc2ccccc12.Cc1ccccc1. The largest absolute Gasteiger partial charge is 0.135 e. The average Bonchev–Trinajstić information content (AvgIpc) is 4.09. The van der Waals surface area contributed by atoms with Crippen LogP contribution in [0.4, 0.5) is 0 Å². The molecule has 0 aliphatic heterocycles. The maximum Gasteiger partial charge on any atom is 0.0726 e. The number of aryl methyl sites for hydroxylation is 2. The summed E-state index contributed by atoms with van der Waals surface area (Å²) < 4.78 is 2.77. The van der Waals surface area contributed by atoms with Gasteiger partial charge in [0, 0.05) is 25.7 Å². The number of benzene rings is 8. The molecule has 0 N–H and O–H groups in total. The van der Waals surface area contributed by atoms with Gasteiger partial charge in [0.05, 0.1) is 5.41 Å². The van der Waals surface area contributed by atoms with Gasteiger partial charge in [-0.1, -0.05) is 226 Å². The highest BCUT2D eigenvalue weighted by Gasteiger charge is 2.52. The van der Waals surface area contributed by atoms with E-state index in [0.29, 0.717) is 0 Å². The van der Waals surface area contributed by atoms with Gasteiger partial charge in [0.1, 0.15) is 0 Å². The molecule has 3 aliphatic carbocycles. The molecule has 1 aromatic heterocycles. The topological polar surface area (TPSA) is 0 Å². The van der Waals surface area contributed by atoms with Gasteiger partial charge in [-0.05, 0) is 113 Å². The summed E-state index contributed by atoms with van der Waals surface area (Å²) in [6.07, 6.45) is 11.2. The second kappa shape index (κ2) is 19.1. The Labute approximate surface area is 378 Å². The molecule has 0 saturated heterocycles. The zero-order valence-corrected chi connectivity index (χ0v) is 38.3. The van der Waals surface area contributed by atoms with E-state index < -0.39 is 0 Å². The zero-order valence-electron chi connectivity index (χ0n) is 37.5. The Morgan fingerprint density at radius 1 is 0.540 bits per heavy atom. The van der Waals surface area contributed by atoms with E-state index in [1.165, 1.54) is 103 Å². The van der Waals surface area contributed by atoms with Crippen molar-refractivity contribution in [3.8, 4) is 22.3 Å². The molecule has 1 unspecified atom stereocenters.